The monoisotopic (exact) mass is 314 g/mol. The molecule has 1 heterocycles. The molecule has 0 radical (unpaired) electrons. The van der Waals surface area contributed by atoms with Gasteiger partial charge in [-0.15, -0.1) is 11.8 Å². The molecule has 5 heteroatoms. The molecule has 2 N–H and O–H groups in total. The minimum absolute atomic E-state index is 0.479. The van der Waals surface area contributed by atoms with Gasteiger partial charge in [-0.05, 0) is 23.8 Å². The first-order chi connectivity index (χ1) is 9.56. The van der Waals surface area contributed by atoms with Crippen LogP contribution in [0.15, 0.2) is 23.1 Å². The van der Waals surface area contributed by atoms with Gasteiger partial charge >= 0.3 is 0 Å². The average Bonchev–Trinajstić information content (AvgIpc) is 2.41. The Hall–Kier alpha value is -0.260. The number of β-amino-alcohol motifs (C(OH)–C–C–N with tert-alkyl or cyclic N) is 1. The van der Waals surface area contributed by atoms with Crippen LogP contribution in [0.1, 0.15) is 25.5 Å². The first-order valence-electron chi connectivity index (χ1n) is 7.13. The molecular weight excluding hydrogens is 292 g/mol. The lowest BCUT2D eigenvalue weighted by atomic mass is 10.1. The van der Waals surface area contributed by atoms with E-state index in [1.807, 2.05) is 18.2 Å². The number of benzene rings is 1. The van der Waals surface area contributed by atoms with Gasteiger partial charge in [-0.2, -0.15) is 0 Å². The lowest BCUT2D eigenvalue weighted by Crippen LogP contribution is -2.45. The van der Waals surface area contributed by atoms with Crippen molar-refractivity contribution in [3.8, 4) is 0 Å². The molecule has 20 heavy (non-hydrogen) atoms. The quantitative estimate of drug-likeness (QED) is 0.819. The van der Waals surface area contributed by atoms with Crippen LogP contribution in [-0.4, -0.2) is 48.0 Å². The first kappa shape index (κ1) is 16.1. The van der Waals surface area contributed by atoms with Crippen molar-refractivity contribution in [3.63, 3.8) is 0 Å². The van der Waals surface area contributed by atoms with Gasteiger partial charge in [-0.25, -0.2) is 0 Å². The Labute approximate surface area is 130 Å². The molecule has 3 nitrogen and oxygen atoms in total. The number of thioether (sulfide) groups is 1. The Balaban J connectivity index is 2.10. The van der Waals surface area contributed by atoms with E-state index in [4.69, 9.17) is 11.6 Å². The first-order valence-corrected chi connectivity index (χ1v) is 8.39. The molecule has 0 saturated carbocycles. The predicted octanol–water partition coefficient (Wildman–Crippen LogP) is 2.78. The van der Waals surface area contributed by atoms with Gasteiger partial charge < -0.3 is 10.4 Å². The lowest BCUT2D eigenvalue weighted by molar-refractivity contribution is 0.104. The third-order valence-corrected chi connectivity index (χ3v) is 4.67. The third-order valence-electron chi connectivity index (χ3n) is 3.33. The Morgan fingerprint density at radius 3 is 2.70 bits per heavy atom. The molecule has 112 valence electrons. The van der Waals surface area contributed by atoms with Crippen molar-refractivity contribution in [2.75, 3.05) is 32.7 Å². The molecule has 1 saturated heterocycles. The molecule has 0 amide bonds. The molecule has 1 aromatic rings. The van der Waals surface area contributed by atoms with E-state index < -0.39 is 6.10 Å². The topological polar surface area (TPSA) is 35.5 Å². The van der Waals surface area contributed by atoms with Crippen molar-refractivity contribution in [1.29, 1.82) is 0 Å². The van der Waals surface area contributed by atoms with Crippen molar-refractivity contribution >= 4 is 23.4 Å². The molecule has 0 aromatic heterocycles. The van der Waals surface area contributed by atoms with Gasteiger partial charge in [0.1, 0.15) is 0 Å². The zero-order chi connectivity index (χ0) is 14.5. The van der Waals surface area contributed by atoms with Crippen LogP contribution >= 0.6 is 23.4 Å². The van der Waals surface area contributed by atoms with E-state index in [2.05, 4.69) is 24.1 Å². The summed E-state index contributed by atoms with van der Waals surface area (Å²) in [5.74, 6) is 0. The van der Waals surface area contributed by atoms with Gasteiger partial charge in [0, 0.05) is 47.9 Å². The normalized spacial score (nSPS) is 18.4. The fourth-order valence-corrected chi connectivity index (χ4v) is 3.54. The van der Waals surface area contributed by atoms with E-state index in [1.165, 1.54) is 0 Å². The average molecular weight is 315 g/mol. The van der Waals surface area contributed by atoms with Crippen molar-refractivity contribution in [3.05, 3.63) is 28.8 Å². The van der Waals surface area contributed by atoms with Gasteiger partial charge in [-0.1, -0.05) is 25.4 Å². The highest BCUT2D eigenvalue weighted by Gasteiger charge is 2.19. The van der Waals surface area contributed by atoms with Crippen molar-refractivity contribution in [1.82, 2.24) is 10.2 Å². The molecular formula is C15H23ClN2OS. The highest BCUT2D eigenvalue weighted by atomic mass is 35.5. The molecule has 1 unspecified atom stereocenters. The van der Waals surface area contributed by atoms with E-state index in [0.29, 0.717) is 16.8 Å². The maximum atomic E-state index is 10.6. The molecule has 0 spiro atoms. The Bertz CT molecular complexity index is 436. The number of nitrogens with one attached hydrogen (secondary N) is 1. The maximum absolute atomic E-state index is 10.6. The summed E-state index contributed by atoms with van der Waals surface area (Å²) < 4.78 is 0. The second-order valence-electron chi connectivity index (χ2n) is 5.42. The number of hydrogen-bond donors (Lipinski definition) is 2. The largest absolute Gasteiger partial charge is 0.387 e. The summed E-state index contributed by atoms with van der Waals surface area (Å²) >= 11 is 7.87. The zero-order valence-corrected chi connectivity index (χ0v) is 13.7. The van der Waals surface area contributed by atoms with E-state index >= 15 is 0 Å². The second kappa shape index (κ2) is 7.66. The van der Waals surface area contributed by atoms with Crippen LogP contribution in [0.5, 0.6) is 0 Å². The third kappa shape index (κ3) is 4.64. The van der Waals surface area contributed by atoms with Gasteiger partial charge in [0.25, 0.3) is 0 Å². The van der Waals surface area contributed by atoms with Gasteiger partial charge in [0.05, 0.1) is 6.10 Å². The van der Waals surface area contributed by atoms with Crippen LogP contribution in [0.2, 0.25) is 5.02 Å². The van der Waals surface area contributed by atoms with Gasteiger partial charge in [-0.3, -0.25) is 4.90 Å². The minimum atomic E-state index is -0.479. The molecule has 1 atom stereocenters. The summed E-state index contributed by atoms with van der Waals surface area (Å²) in [5.41, 5.74) is 0.953. The minimum Gasteiger partial charge on any atom is -0.387 e. The molecule has 0 bridgehead atoms. The fraction of sp³-hybridized carbons (Fsp3) is 0.600. The summed E-state index contributed by atoms with van der Waals surface area (Å²) in [4.78, 5) is 3.43. The number of rotatable bonds is 5. The Morgan fingerprint density at radius 1 is 1.35 bits per heavy atom. The van der Waals surface area contributed by atoms with Crippen LogP contribution in [0.4, 0.5) is 0 Å². The van der Waals surface area contributed by atoms with Crippen LogP contribution < -0.4 is 5.32 Å². The number of piperazine rings is 1. The summed E-state index contributed by atoms with van der Waals surface area (Å²) in [7, 11) is 0. The van der Waals surface area contributed by atoms with Gasteiger partial charge in [0.2, 0.25) is 0 Å². The number of nitrogens with zero attached hydrogens (tertiary/aromatic N) is 1. The number of aliphatic hydroxyl groups excluding tert-OH is 1. The number of halogens is 1. The smallest absolute Gasteiger partial charge is 0.0928 e. The van der Waals surface area contributed by atoms with Gasteiger partial charge in [0.15, 0.2) is 0 Å². The van der Waals surface area contributed by atoms with Crippen LogP contribution in [0.25, 0.3) is 0 Å². The number of aliphatic hydroxyl groups is 1. The van der Waals surface area contributed by atoms with E-state index in [9.17, 15) is 5.11 Å². The zero-order valence-electron chi connectivity index (χ0n) is 12.1. The van der Waals surface area contributed by atoms with Crippen molar-refractivity contribution in [2.24, 2.45) is 0 Å². The van der Waals surface area contributed by atoms with Crippen LogP contribution in [-0.2, 0) is 0 Å². The summed E-state index contributed by atoms with van der Waals surface area (Å²) in [6, 6.07) is 5.82. The van der Waals surface area contributed by atoms with E-state index in [-0.39, 0.29) is 0 Å². The van der Waals surface area contributed by atoms with E-state index in [1.54, 1.807) is 11.8 Å². The maximum Gasteiger partial charge on any atom is 0.0928 e. The van der Waals surface area contributed by atoms with Crippen molar-refractivity contribution in [2.45, 2.75) is 30.1 Å². The van der Waals surface area contributed by atoms with Crippen LogP contribution in [0, 0.1) is 0 Å². The fourth-order valence-electron chi connectivity index (χ4n) is 2.38. The molecule has 1 aliphatic rings. The second-order valence-corrected chi connectivity index (χ2v) is 7.47. The van der Waals surface area contributed by atoms with Crippen LogP contribution in [0.3, 0.4) is 0 Å². The van der Waals surface area contributed by atoms with Crippen molar-refractivity contribution < 1.29 is 5.11 Å². The number of hydrogen-bond acceptors (Lipinski definition) is 4. The highest BCUT2D eigenvalue weighted by Crippen LogP contribution is 2.33. The predicted molar refractivity (Wildman–Crippen MR) is 86.7 cm³/mol. The SMILES string of the molecule is CC(C)Sc1ccc(Cl)cc1C(O)CN1CCNCC1. The lowest BCUT2D eigenvalue weighted by Gasteiger charge is -2.29. The molecule has 1 fully saturated rings. The standard InChI is InChI=1S/C15H23ClN2OS/c1-11(2)20-15-4-3-12(16)9-13(15)14(19)10-18-7-5-17-6-8-18/h3-4,9,11,14,17,19H,5-8,10H2,1-2H3. The summed E-state index contributed by atoms with van der Waals surface area (Å²) in [6.45, 7) is 8.96. The molecule has 0 aliphatic carbocycles. The van der Waals surface area contributed by atoms with E-state index in [0.717, 1.165) is 36.6 Å². The molecule has 1 aliphatic heterocycles. The summed E-state index contributed by atoms with van der Waals surface area (Å²) in [6.07, 6.45) is -0.479. The molecule has 2 rings (SSSR count). The summed E-state index contributed by atoms with van der Waals surface area (Å²) in [5, 5.41) is 15.1. The highest BCUT2D eigenvalue weighted by molar-refractivity contribution is 8.00. The Kier molecular flexibility index (Phi) is 6.18. The molecule has 1 aromatic carbocycles. The Morgan fingerprint density at radius 2 is 2.05 bits per heavy atom.